The summed E-state index contributed by atoms with van der Waals surface area (Å²) in [7, 11) is 0. The van der Waals surface area contributed by atoms with Crippen LogP contribution in [0.3, 0.4) is 0 Å². The Bertz CT molecular complexity index is 2940. The van der Waals surface area contributed by atoms with Crippen molar-refractivity contribution in [1.29, 1.82) is 0 Å². The second-order valence-electron chi connectivity index (χ2n) is 13.3. The van der Waals surface area contributed by atoms with Gasteiger partial charge in [-0.15, -0.1) is 0 Å². The zero-order valence-corrected chi connectivity index (χ0v) is 27.0. The normalized spacial score (nSPS) is 13.8. The van der Waals surface area contributed by atoms with Gasteiger partial charge in [0.25, 0.3) is 0 Å². The third-order valence-electron chi connectivity index (χ3n) is 10.5. The number of benzene rings is 8. The fourth-order valence-electron chi connectivity index (χ4n) is 8.23. The fraction of sp³-hybridized carbons (Fsp3) is 0.0213. The summed E-state index contributed by atoms with van der Waals surface area (Å²) in [5.41, 5.74) is 13.4. The van der Waals surface area contributed by atoms with Crippen LogP contribution in [0.15, 0.2) is 179 Å². The van der Waals surface area contributed by atoms with E-state index in [9.17, 15) is 0 Å². The Balaban J connectivity index is 1.06. The molecule has 0 spiro atoms. The molecule has 0 fully saturated rings. The van der Waals surface area contributed by atoms with Crippen molar-refractivity contribution in [2.24, 2.45) is 0 Å². The van der Waals surface area contributed by atoms with Crippen LogP contribution in [0.2, 0.25) is 0 Å². The van der Waals surface area contributed by atoms with Gasteiger partial charge >= 0.3 is 0 Å². The molecule has 1 unspecified atom stereocenters. The molecule has 1 atom stereocenters. The van der Waals surface area contributed by atoms with Crippen molar-refractivity contribution >= 4 is 71.7 Å². The van der Waals surface area contributed by atoms with E-state index in [1.807, 2.05) is 12.1 Å². The highest BCUT2D eigenvalue weighted by atomic mass is 16.3. The predicted octanol–water partition coefficient (Wildman–Crippen LogP) is 13.3. The van der Waals surface area contributed by atoms with Gasteiger partial charge < -0.3 is 13.7 Å². The molecule has 0 saturated heterocycles. The average Bonchev–Trinajstić information content (AvgIpc) is 3.82. The van der Waals surface area contributed by atoms with Crippen LogP contribution in [0.25, 0.3) is 65.8 Å². The van der Waals surface area contributed by atoms with E-state index in [1.54, 1.807) is 0 Å². The summed E-state index contributed by atoms with van der Waals surface area (Å²) in [5.74, 6) is 0.214. The van der Waals surface area contributed by atoms with E-state index >= 15 is 0 Å². The van der Waals surface area contributed by atoms with Crippen LogP contribution in [-0.2, 0) is 0 Å². The standard InChI is InChI=1S/C47H29NO2/c1-3-11-29(12-4-1)47-38-17-8-7-15-35(38)40-27-33(20-22-39(40)47)48(32-13-5-2-6-14-32)34-19-21-37-42-24-30-23-41-36-16-9-10-18-43(36)49-44(41)25-31(30)26-45(42)50-46(37)28-34/h1-28,47H. The van der Waals surface area contributed by atoms with Gasteiger partial charge in [0.1, 0.15) is 22.3 Å². The Hall–Kier alpha value is -6.58. The van der Waals surface area contributed by atoms with Gasteiger partial charge in [-0.25, -0.2) is 0 Å². The highest BCUT2D eigenvalue weighted by Crippen LogP contribution is 2.50. The van der Waals surface area contributed by atoms with Gasteiger partial charge in [-0.3, -0.25) is 0 Å². The SMILES string of the molecule is c1ccc(C2c3ccccc3-c3cc(N(c4ccccc4)c4ccc5c(c4)oc4cc6cc7oc8ccccc8c7cc6cc45)ccc32)cc1. The van der Waals surface area contributed by atoms with Gasteiger partial charge in [0.2, 0.25) is 0 Å². The van der Waals surface area contributed by atoms with E-state index in [0.29, 0.717) is 0 Å². The lowest BCUT2D eigenvalue weighted by Gasteiger charge is -2.26. The summed E-state index contributed by atoms with van der Waals surface area (Å²) in [6.07, 6.45) is 0. The molecular weight excluding hydrogens is 611 g/mol. The van der Waals surface area contributed by atoms with Crippen molar-refractivity contribution in [2.45, 2.75) is 5.92 Å². The maximum Gasteiger partial charge on any atom is 0.137 e. The lowest BCUT2D eigenvalue weighted by Crippen LogP contribution is -2.10. The molecule has 1 aliphatic carbocycles. The molecule has 0 aliphatic heterocycles. The van der Waals surface area contributed by atoms with Gasteiger partial charge in [0.05, 0.1) is 0 Å². The van der Waals surface area contributed by atoms with Crippen molar-refractivity contribution < 1.29 is 8.83 Å². The first-order valence-corrected chi connectivity index (χ1v) is 17.1. The highest BCUT2D eigenvalue weighted by Gasteiger charge is 2.30. The van der Waals surface area contributed by atoms with Gasteiger partial charge in [-0.1, -0.05) is 97.1 Å². The number of rotatable bonds is 4. The van der Waals surface area contributed by atoms with Crippen molar-refractivity contribution in [1.82, 2.24) is 0 Å². The monoisotopic (exact) mass is 639 g/mol. The molecule has 0 saturated carbocycles. The van der Waals surface area contributed by atoms with Crippen molar-refractivity contribution in [3.63, 3.8) is 0 Å². The molecule has 0 amide bonds. The molecule has 8 aromatic carbocycles. The minimum atomic E-state index is 0.214. The summed E-state index contributed by atoms with van der Waals surface area (Å²) in [4.78, 5) is 2.33. The first kappa shape index (κ1) is 27.4. The minimum Gasteiger partial charge on any atom is -0.456 e. The van der Waals surface area contributed by atoms with Crippen molar-refractivity contribution in [3.8, 4) is 11.1 Å². The molecule has 1 aliphatic rings. The topological polar surface area (TPSA) is 29.5 Å². The fourth-order valence-corrected chi connectivity index (χ4v) is 8.23. The first-order chi connectivity index (χ1) is 24.8. The number of para-hydroxylation sites is 2. The number of hydrogen-bond acceptors (Lipinski definition) is 3. The van der Waals surface area contributed by atoms with E-state index in [1.165, 1.54) is 33.2 Å². The number of anilines is 3. The summed E-state index contributed by atoms with van der Waals surface area (Å²) in [5, 5.41) is 6.75. The van der Waals surface area contributed by atoms with Crippen molar-refractivity contribution in [3.05, 3.63) is 187 Å². The first-order valence-electron chi connectivity index (χ1n) is 17.1. The smallest absolute Gasteiger partial charge is 0.137 e. The number of nitrogens with zero attached hydrogens (tertiary/aromatic N) is 1. The molecular formula is C47H29NO2. The van der Waals surface area contributed by atoms with Crippen LogP contribution in [-0.4, -0.2) is 0 Å². The number of hydrogen-bond donors (Lipinski definition) is 0. The quantitative estimate of drug-likeness (QED) is 0.192. The molecule has 0 bridgehead atoms. The highest BCUT2D eigenvalue weighted by molar-refractivity contribution is 6.15. The molecule has 3 nitrogen and oxygen atoms in total. The molecule has 2 aromatic heterocycles. The van der Waals surface area contributed by atoms with E-state index in [4.69, 9.17) is 8.83 Å². The van der Waals surface area contributed by atoms with Gasteiger partial charge in [-0.05, 0) is 105 Å². The molecule has 0 radical (unpaired) electrons. The average molecular weight is 640 g/mol. The van der Waals surface area contributed by atoms with Crippen molar-refractivity contribution in [2.75, 3.05) is 4.90 Å². The summed E-state index contributed by atoms with van der Waals surface area (Å²) < 4.78 is 12.8. The Labute approximate surface area is 288 Å². The Morgan fingerprint density at radius 3 is 1.76 bits per heavy atom. The Morgan fingerprint density at radius 1 is 0.360 bits per heavy atom. The van der Waals surface area contributed by atoms with Crippen LogP contribution in [0.4, 0.5) is 17.1 Å². The van der Waals surface area contributed by atoms with E-state index in [-0.39, 0.29) is 5.92 Å². The molecule has 10 aromatic rings. The molecule has 50 heavy (non-hydrogen) atoms. The Kier molecular flexibility index (Phi) is 5.73. The van der Waals surface area contributed by atoms with Crippen LogP contribution >= 0.6 is 0 Å². The zero-order chi connectivity index (χ0) is 32.8. The van der Waals surface area contributed by atoms with E-state index in [2.05, 4.69) is 163 Å². The van der Waals surface area contributed by atoms with Crippen LogP contribution in [0.5, 0.6) is 0 Å². The van der Waals surface area contributed by atoms with E-state index in [0.717, 1.165) is 66.3 Å². The van der Waals surface area contributed by atoms with Gasteiger partial charge in [0.15, 0.2) is 0 Å². The third kappa shape index (κ3) is 4.04. The number of fused-ring (bicyclic) bond motifs is 10. The third-order valence-corrected chi connectivity index (χ3v) is 10.5. The lowest BCUT2D eigenvalue weighted by atomic mass is 9.89. The van der Waals surface area contributed by atoms with E-state index < -0.39 is 0 Å². The number of furan rings is 2. The van der Waals surface area contributed by atoms with Crippen LogP contribution < -0.4 is 4.90 Å². The van der Waals surface area contributed by atoms with Gasteiger partial charge in [0, 0.05) is 50.6 Å². The predicted molar refractivity (Wildman–Crippen MR) is 206 cm³/mol. The summed E-state index contributed by atoms with van der Waals surface area (Å²) in [6.45, 7) is 0. The summed E-state index contributed by atoms with van der Waals surface area (Å²) >= 11 is 0. The zero-order valence-electron chi connectivity index (χ0n) is 27.0. The molecule has 2 heterocycles. The minimum absolute atomic E-state index is 0.214. The maximum atomic E-state index is 6.62. The maximum absolute atomic E-state index is 6.62. The van der Waals surface area contributed by atoms with Crippen LogP contribution in [0, 0.1) is 0 Å². The van der Waals surface area contributed by atoms with Crippen LogP contribution in [0.1, 0.15) is 22.6 Å². The molecule has 3 heteroatoms. The lowest BCUT2D eigenvalue weighted by molar-refractivity contribution is 0.668. The second-order valence-corrected chi connectivity index (χ2v) is 13.3. The Morgan fingerprint density at radius 2 is 0.940 bits per heavy atom. The van der Waals surface area contributed by atoms with Gasteiger partial charge in [-0.2, -0.15) is 0 Å². The second kappa shape index (κ2) is 10.5. The molecule has 234 valence electrons. The molecule has 11 rings (SSSR count). The summed E-state index contributed by atoms with van der Waals surface area (Å²) in [6, 6.07) is 60.9. The molecule has 0 N–H and O–H groups in total. The largest absolute Gasteiger partial charge is 0.456 e.